The van der Waals surface area contributed by atoms with Crippen molar-refractivity contribution >= 4 is 27.6 Å². The second-order valence-corrected chi connectivity index (χ2v) is 8.65. The fraction of sp³-hybridized carbons (Fsp3) is 0.300. The van der Waals surface area contributed by atoms with E-state index in [4.69, 9.17) is 9.47 Å². The Labute approximate surface area is 170 Å². The number of hydrogen-bond acceptors (Lipinski definition) is 6. The van der Waals surface area contributed by atoms with Gasteiger partial charge in [-0.15, -0.1) is 0 Å². The van der Waals surface area contributed by atoms with E-state index in [0.717, 1.165) is 15.4 Å². The van der Waals surface area contributed by atoms with Crippen LogP contribution in [0.15, 0.2) is 41.3 Å². The van der Waals surface area contributed by atoms with Gasteiger partial charge in [0.05, 0.1) is 12.7 Å². The topological polar surface area (TPSA) is 102 Å². The average Bonchev–Trinajstić information content (AvgIpc) is 2.68. The Morgan fingerprint density at radius 1 is 1.10 bits per heavy atom. The van der Waals surface area contributed by atoms with Gasteiger partial charge >= 0.3 is 5.97 Å². The Kier molecular flexibility index (Phi) is 6.99. The maximum Gasteiger partial charge on any atom is 0.338 e. The quantitative estimate of drug-likeness (QED) is 0.690. The van der Waals surface area contributed by atoms with Crippen molar-refractivity contribution in [1.82, 2.24) is 4.31 Å². The highest BCUT2D eigenvalue weighted by Gasteiger charge is 2.23. The second-order valence-electron chi connectivity index (χ2n) is 6.52. The normalized spacial score (nSPS) is 11.2. The molecule has 2 rings (SSSR count). The van der Waals surface area contributed by atoms with Crippen molar-refractivity contribution in [3.63, 3.8) is 0 Å². The minimum absolute atomic E-state index is 0.0878. The Hall–Kier alpha value is -2.91. The molecule has 0 aromatic heterocycles. The zero-order chi connectivity index (χ0) is 21.8. The van der Waals surface area contributed by atoms with E-state index >= 15 is 0 Å². The number of rotatable bonds is 7. The zero-order valence-corrected chi connectivity index (χ0v) is 17.8. The van der Waals surface area contributed by atoms with Gasteiger partial charge < -0.3 is 14.8 Å². The van der Waals surface area contributed by atoms with Crippen molar-refractivity contribution in [2.45, 2.75) is 18.7 Å². The molecule has 0 aliphatic carbocycles. The SMILES string of the molecule is COc1ccc(NC(=O)COC(=O)c2cccc(C)c2C)cc1S(=O)(=O)N(C)C. The lowest BCUT2D eigenvalue weighted by Gasteiger charge is -2.16. The summed E-state index contributed by atoms with van der Waals surface area (Å²) in [4.78, 5) is 24.3. The van der Waals surface area contributed by atoms with Gasteiger partial charge in [0, 0.05) is 19.8 Å². The summed E-state index contributed by atoms with van der Waals surface area (Å²) in [5.41, 5.74) is 2.35. The largest absolute Gasteiger partial charge is 0.495 e. The van der Waals surface area contributed by atoms with Gasteiger partial charge in [-0.05, 0) is 49.2 Å². The summed E-state index contributed by atoms with van der Waals surface area (Å²) >= 11 is 0. The summed E-state index contributed by atoms with van der Waals surface area (Å²) < 4.78 is 36.1. The zero-order valence-electron chi connectivity index (χ0n) is 17.0. The van der Waals surface area contributed by atoms with Crippen molar-refractivity contribution in [3.05, 3.63) is 53.1 Å². The van der Waals surface area contributed by atoms with E-state index in [0.29, 0.717) is 5.56 Å². The monoisotopic (exact) mass is 420 g/mol. The molecule has 1 N–H and O–H groups in total. The second kappa shape index (κ2) is 9.06. The minimum atomic E-state index is -3.78. The molecule has 0 bridgehead atoms. The van der Waals surface area contributed by atoms with E-state index in [2.05, 4.69) is 5.32 Å². The summed E-state index contributed by atoms with van der Waals surface area (Å²) in [6, 6.07) is 9.47. The van der Waals surface area contributed by atoms with Gasteiger partial charge in [-0.1, -0.05) is 12.1 Å². The number of amides is 1. The van der Waals surface area contributed by atoms with Crippen LogP contribution < -0.4 is 10.1 Å². The number of carbonyl (C=O) groups excluding carboxylic acids is 2. The van der Waals surface area contributed by atoms with Crippen LogP contribution in [0.5, 0.6) is 5.75 Å². The smallest absolute Gasteiger partial charge is 0.338 e. The Balaban J connectivity index is 2.11. The van der Waals surface area contributed by atoms with Crippen LogP contribution in [0.3, 0.4) is 0 Å². The minimum Gasteiger partial charge on any atom is -0.495 e. The molecule has 0 radical (unpaired) electrons. The summed E-state index contributed by atoms with van der Waals surface area (Å²) in [5.74, 6) is -1.05. The molecule has 9 heteroatoms. The lowest BCUT2D eigenvalue weighted by Crippen LogP contribution is -2.24. The first-order valence-corrected chi connectivity index (χ1v) is 10.2. The lowest BCUT2D eigenvalue weighted by atomic mass is 10.0. The lowest BCUT2D eigenvalue weighted by molar-refractivity contribution is -0.119. The van der Waals surface area contributed by atoms with E-state index in [-0.39, 0.29) is 16.3 Å². The Morgan fingerprint density at radius 3 is 2.41 bits per heavy atom. The number of nitrogens with one attached hydrogen (secondary N) is 1. The number of carbonyl (C=O) groups is 2. The van der Waals surface area contributed by atoms with Gasteiger partial charge in [0.15, 0.2) is 6.61 Å². The third kappa shape index (κ3) is 5.12. The number of ether oxygens (including phenoxy) is 2. The van der Waals surface area contributed by atoms with Gasteiger partial charge in [-0.25, -0.2) is 17.5 Å². The number of nitrogens with zero attached hydrogens (tertiary/aromatic N) is 1. The molecule has 0 aliphatic rings. The average molecular weight is 420 g/mol. The number of esters is 1. The molecule has 0 heterocycles. The first-order chi connectivity index (χ1) is 13.6. The Bertz CT molecular complexity index is 1030. The van der Waals surface area contributed by atoms with Crippen LogP contribution in [0, 0.1) is 13.8 Å². The van der Waals surface area contributed by atoms with Crippen molar-refractivity contribution < 1.29 is 27.5 Å². The Morgan fingerprint density at radius 2 is 1.79 bits per heavy atom. The van der Waals surface area contributed by atoms with Gasteiger partial charge in [-0.3, -0.25) is 4.79 Å². The molecule has 1 amide bonds. The number of hydrogen-bond donors (Lipinski definition) is 1. The first-order valence-electron chi connectivity index (χ1n) is 8.71. The number of anilines is 1. The van der Waals surface area contributed by atoms with Crippen molar-refractivity contribution in [3.8, 4) is 5.75 Å². The van der Waals surface area contributed by atoms with Gasteiger partial charge in [0.2, 0.25) is 10.0 Å². The van der Waals surface area contributed by atoms with Crippen LogP contribution in [0.4, 0.5) is 5.69 Å². The molecule has 0 saturated carbocycles. The van der Waals surface area contributed by atoms with Gasteiger partial charge in [0.1, 0.15) is 10.6 Å². The molecule has 0 unspecified atom stereocenters. The molecule has 0 fully saturated rings. The van der Waals surface area contributed by atoms with E-state index in [1.807, 2.05) is 13.0 Å². The molecule has 8 nitrogen and oxygen atoms in total. The van der Waals surface area contributed by atoms with E-state index in [1.54, 1.807) is 19.1 Å². The summed E-state index contributed by atoms with van der Waals surface area (Å²) in [7, 11) is 0.370. The molecule has 2 aromatic carbocycles. The van der Waals surface area contributed by atoms with Crippen molar-refractivity contribution in [2.24, 2.45) is 0 Å². The molecule has 0 aliphatic heterocycles. The van der Waals surface area contributed by atoms with Crippen LogP contribution in [-0.4, -0.2) is 52.4 Å². The van der Waals surface area contributed by atoms with Crippen LogP contribution in [0.2, 0.25) is 0 Å². The maximum atomic E-state index is 12.4. The number of aryl methyl sites for hydroxylation is 1. The molecule has 0 spiro atoms. The van der Waals surface area contributed by atoms with Crippen molar-refractivity contribution in [1.29, 1.82) is 0 Å². The van der Waals surface area contributed by atoms with E-state index in [9.17, 15) is 18.0 Å². The van der Waals surface area contributed by atoms with Crippen LogP contribution in [-0.2, 0) is 19.6 Å². The van der Waals surface area contributed by atoms with E-state index in [1.165, 1.54) is 39.4 Å². The molecule has 156 valence electrons. The summed E-state index contributed by atoms with van der Waals surface area (Å²) in [6.45, 7) is 3.17. The third-order valence-electron chi connectivity index (χ3n) is 4.36. The first kappa shape index (κ1) is 22.4. The summed E-state index contributed by atoms with van der Waals surface area (Å²) in [5, 5.41) is 2.52. The maximum absolute atomic E-state index is 12.4. The van der Waals surface area contributed by atoms with E-state index < -0.39 is 28.5 Å². The number of methoxy groups -OCH3 is 1. The van der Waals surface area contributed by atoms with Crippen LogP contribution in [0.25, 0.3) is 0 Å². The van der Waals surface area contributed by atoms with Gasteiger partial charge in [-0.2, -0.15) is 0 Å². The number of sulfonamides is 1. The molecule has 29 heavy (non-hydrogen) atoms. The van der Waals surface area contributed by atoms with Gasteiger partial charge in [0.25, 0.3) is 5.91 Å². The van der Waals surface area contributed by atoms with Crippen LogP contribution >= 0.6 is 0 Å². The predicted octanol–water partition coefficient (Wildman–Crippen LogP) is 2.36. The molecular weight excluding hydrogens is 396 g/mol. The highest BCUT2D eigenvalue weighted by atomic mass is 32.2. The molecular formula is C20H24N2O6S. The highest BCUT2D eigenvalue weighted by molar-refractivity contribution is 7.89. The van der Waals surface area contributed by atoms with Crippen LogP contribution in [0.1, 0.15) is 21.5 Å². The molecule has 0 saturated heterocycles. The third-order valence-corrected chi connectivity index (χ3v) is 6.20. The predicted molar refractivity (Wildman–Crippen MR) is 109 cm³/mol. The molecule has 0 atom stereocenters. The fourth-order valence-corrected chi connectivity index (χ4v) is 3.61. The fourth-order valence-electron chi connectivity index (χ4n) is 2.53. The standard InChI is InChI=1S/C20H24N2O6S/c1-13-7-6-8-16(14(13)2)20(24)28-12-19(23)21-15-9-10-17(27-5)18(11-15)29(25,26)22(3)4/h6-11H,12H2,1-5H3,(H,21,23). The highest BCUT2D eigenvalue weighted by Crippen LogP contribution is 2.28. The summed E-state index contributed by atoms with van der Waals surface area (Å²) in [6.07, 6.45) is 0. The molecule has 2 aromatic rings. The number of benzene rings is 2. The van der Waals surface area contributed by atoms with Crippen molar-refractivity contribution in [2.75, 3.05) is 33.1 Å².